The predicted octanol–water partition coefficient (Wildman–Crippen LogP) is 4.93. The van der Waals surface area contributed by atoms with Crippen molar-refractivity contribution in [2.24, 2.45) is 0 Å². The van der Waals surface area contributed by atoms with E-state index in [0.717, 1.165) is 45.8 Å². The third-order valence-electron chi connectivity index (χ3n) is 5.92. The molecule has 0 saturated heterocycles. The maximum Gasteiger partial charge on any atom is 0.264 e. The average molecular weight is 491 g/mol. The van der Waals surface area contributed by atoms with Crippen molar-refractivity contribution in [3.8, 4) is 11.1 Å². The van der Waals surface area contributed by atoms with Crippen LogP contribution in [-0.4, -0.2) is 28.9 Å². The summed E-state index contributed by atoms with van der Waals surface area (Å²) in [6, 6.07) is 16.6. The molecule has 0 aliphatic carbocycles. The van der Waals surface area contributed by atoms with Gasteiger partial charge in [0.2, 0.25) is 5.91 Å². The van der Waals surface area contributed by atoms with Crippen molar-refractivity contribution < 1.29 is 13.2 Å². The molecule has 0 aliphatic rings. The number of pyridine rings is 1. The Balaban J connectivity index is 1.66. The first-order valence-corrected chi connectivity index (χ1v) is 13.3. The summed E-state index contributed by atoms with van der Waals surface area (Å²) in [6.07, 6.45) is 1.53. The Labute approximate surface area is 206 Å². The molecule has 4 aromatic rings. The van der Waals surface area contributed by atoms with Crippen LogP contribution >= 0.6 is 0 Å². The molecule has 2 aromatic carbocycles. The number of amides is 1. The summed E-state index contributed by atoms with van der Waals surface area (Å²) in [7, 11) is -3.97. The Hall–Kier alpha value is -3.52. The van der Waals surface area contributed by atoms with Crippen LogP contribution in [0, 0.1) is 13.8 Å². The molecular formula is C27H30N4O3S. The van der Waals surface area contributed by atoms with Crippen molar-refractivity contribution in [1.29, 1.82) is 0 Å². The van der Waals surface area contributed by atoms with Crippen LogP contribution in [-0.2, 0) is 27.8 Å². The van der Waals surface area contributed by atoms with Gasteiger partial charge in [-0.2, -0.15) is 0 Å². The maximum absolute atomic E-state index is 12.9. The fraction of sp³-hybridized carbons (Fsp3) is 0.296. The van der Waals surface area contributed by atoms with E-state index in [-0.39, 0.29) is 11.3 Å². The third-order valence-corrected chi connectivity index (χ3v) is 7.36. The van der Waals surface area contributed by atoms with Crippen LogP contribution in [0.2, 0.25) is 0 Å². The monoisotopic (exact) mass is 490 g/mol. The lowest BCUT2D eigenvalue weighted by atomic mass is 10.0. The molecular weight excluding hydrogens is 460 g/mol. The fourth-order valence-corrected chi connectivity index (χ4v) is 5.52. The van der Waals surface area contributed by atoms with Gasteiger partial charge in [0.25, 0.3) is 10.0 Å². The lowest BCUT2D eigenvalue weighted by molar-refractivity contribution is -0.119. The minimum absolute atomic E-state index is 0.0845. The minimum atomic E-state index is -3.97. The zero-order valence-electron chi connectivity index (χ0n) is 20.5. The van der Waals surface area contributed by atoms with Gasteiger partial charge in [-0.3, -0.25) is 4.79 Å². The second-order valence-corrected chi connectivity index (χ2v) is 10.3. The average Bonchev–Trinajstić information content (AvgIpc) is 3.17. The van der Waals surface area contributed by atoms with Crippen molar-refractivity contribution in [3.63, 3.8) is 0 Å². The van der Waals surface area contributed by atoms with E-state index in [1.54, 1.807) is 18.2 Å². The summed E-state index contributed by atoms with van der Waals surface area (Å²) < 4.78 is 30.1. The highest BCUT2D eigenvalue weighted by Gasteiger charge is 2.21. The largest absolute Gasteiger partial charge is 0.308 e. The Bertz CT molecular complexity index is 1490. The second-order valence-electron chi connectivity index (χ2n) is 8.69. The summed E-state index contributed by atoms with van der Waals surface area (Å²) >= 11 is 0. The van der Waals surface area contributed by atoms with Crippen molar-refractivity contribution in [2.45, 2.75) is 58.4 Å². The van der Waals surface area contributed by atoms with E-state index < -0.39 is 15.9 Å². The highest BCUT2D eigenvalue weighted by atomic mass is 32.2. The number of nitrogens with zero attached hydrogens (tertiary/aromatic N) is 3. The van der Waals surface area contributed by atoms with Gasteiger partial charge in [-0.05, 0) is 49.1 Å². The Morgan fingerprint density at radius 1 is 1.00 bits per heavy atom. The number of sulfonamides is 1. The fourth-order valence-electron chi connectivity index (χ4n) is 4.28. The maximum atomic E-state index is 12.9. The molecule has 0 bridgehead atoms. The van der Waals surface area contributed by atoms with Crippen LogP contribution in [0.5, 0.6) is 0 Å². The van der Waals surface area contributed by atoms with E-state index in [2.05, 4.69) is 23.1 Å². The summed E-state index contributed by atoms with van der Waals surface area (Å²) in [4.78, 5) is 21.6. The number of hydrogen-bond donors (Lipinski definition) is 1. The summed E-state index contributed by atoms with van der Waals surface area (Å²) in [5.41, 5.74) is 6.23. The normalized spacial score (nSPS) is 11.7. The molecule has 4 rings (SSSR count). The van der Waals surface area contributed by atoms with E-state index >= 15 is 0 Å². The first kappa shape index (κ1) is 24.6. The van der Waals surface area contributed by atoms with Gasteiger partial charge >= 0.3 is 0 Å². The van der Waals surface area contributed by atoms with Gasteiger partial charge < -0.3 is 4.57 Å². The van der Waals surface area contributed by atoms with E-state index in [1.165, 1.54) is 6.07 Å². The summed E-state index contributed by atoms with van der Waals surface area (Å²) in [5, 5.41) is 0. The van der Waals surface area contributed by atoms with Crippen molar-refractivity contribution in [1.82, 2.24) is 19.3 Å². The molecule has 35 heavy (non-hydrogen) atoms. The molecule has 0 radical (unpaired) electrons. The minimum Gasteiger partial charge on any atom is -0.308 e. The van der Waals surface area contributed by atoms with Gasteiger partial charge in [-0.25, -0.2) is 23.1 Å². The molecule has 1 amide bonds. The van der Waals surface area contributed by atoms with Gasteiger partial charge in [-0.1, -0.05) is 56.3 Å². The quantitative estimate of drug-likeness (QED) is 0.378. The summed E-state index contributed by atoms with van der Waals surface area (Å²) in [5.74, 6) is 0.473. The molecule has 8 heteroatoms. The Morgan fingerprint density at radius 2 is 1.71 bits per heavy atom. The van der Waals surface area contributed by atoms with Gasteiger partial charge in [0.1, 0.15) is 11.3 Å². The Morgan fingerprint density at radius 3 is 2.40 bits per heavy atom. The molecule has 182 valence electrons. The highest BCUT2D eigenvalue weighted by molar-refractivity contribution is 7.90. The number of carbonyl (C=O) groups is 1. The molecule has 2 heterocycles. The zero-order valence-corrected chi connectivity index (χ0v) is 21.3. The molecule has 0 fully saturated rings. The van der Waals surface area contributed by atoms with Crippen LogP contribution in [0.3, 0.4) is 0 Å². The van der Waals surface area contributed by atoms with Crippen LogP contribution in [0.15, 0.2) is 59.5 Å². The molecule has 0 atom stereocenters. The second kappa shape index (κ2) is 10.00. The number of carbonyl (C=O) groups excluding carboxylic acids is 1. The topological polar surface area (TPSA) is 94.0 Å². The first-order valence-electron chi connectivity index (χ1n) is 11.8. The number of fused-ring (bicyclic) bond motifs is 1. The van der Waals surface area contributed by atoms with E-state index in [4.69, 9.17) is 9.97 Å². The number of rotatable bonds is 8. The first-order chi connectivity index (χ1) is 16.7. The van der Waals surface area contributed by atoms with Crippen LogP contribution < -0.4 is 4.72 Å². The summed E-state index contributed by atoms with van der Waals surface area (Å²) in [6.45, 7) is 8.57. The van der Waals surface area contributed by atoms with Gasteiger partial charge in [0.05, 0.1) is 11.4 Å². The van der Waals surface area contributed by atoms with Crippen LogP contribution in [0.4, 0.5) is 0 Å². The van der Waals surface area contributed by atoms with E-state index in [9.17, 15) is 13.2 Å². The van der Waals surface area contributed by atoms with Crippen molar-refractivity contribution in [3.05, 3.63) is 77.2 Å². The molecule has 0 spiro atoms. The molecule has 0 saturated carbocycles. The van der Waals surface area contributed by atoms with E-state index in [0.29, 0.717) is 18.5 Å². The van der Waals surface area contributed by atoms with Gasteiger partial charge in [0.15, 0.2) is 5.65 Å². The SMILES string of the molecule is CCCC(=O)NS(=O)(=O)c1ccccc1-c1ccc(Cn2c(CC)nc3c(C)cc(C)nc32)cc1. The molecule has 2 aromatic heterocycles. The van der Waals surface area contributed by atoms with Crippen LogP contribution in [0.1, 0.15) is 49.3 Å². The highest BCUT2D eigenvalue weighted by Crippen LogP contribution is 2.28. The molecule has 0 unspecified atom stereocenters. The number of aromatic nitrogens is 3. The lowest BCUT2D eigenvalue weighted by Gasteiger charge is -2.13. The predicted molar refractivity (Wildman–Crippen MR) is 138 cm³/mol. The zero-order chi connectivity index (χ0) is 25.2. The number of imidazole rings is 1. The van der Waals surface area contributed by atoms with Crippen molar-refractivity contribution in [2.75, 3.05) is 0 Å². The molecule has 0 aliphatic heterocycles. The molecule has 7 nitrogen and oxygen atoms in total. The number of benzene rings is 2. The smallest absolute Gasteiger partial charge is 0.264 e. The van der Waals surface area contributed by atoms with Gasteiger partial charge in [-0.15, -0.1) is 0 Å². The molecule has 1 N–H and O–H groups in total. The van der Waals surface area contributed by atoms with Crippen molar-refractivity contribution >= 4 is 27.1 Å². The third kappa shape index (κ3) is 5.12. The Kier molecular flexibility index (Phi) is 7.03. The standard InChI is InChI=1S/C27H30N4O3S/c1-5-9-25(32)30-35(33,34)23-11-8-7-10-22(23)21-14-12-20(13-15-21)17-31-24(6-2)29-26-18(3)16-19(4)28-27(26)31/h7-8,10-16H,5-6,9,17H2,1-4H3,(H,30,32). The van der Waals surface area contributed by atoms with Crippen LogP contribution in [0.25, 0.3) is 22.3 Å². The number of hydrogen-bond acceptors (Lipinski definition) is 5. The van der Waals surface area contributed by atoms with E-state index in [1.807, 2.05) is 44.2 Å². The van der Waals surface area contributed by atoms with Gasteiger partial charge in [0, 0.05) is 24.1 Å². The number of aryl methyl sites for hydroxylation is 3. The number of nitrogens with one attached hydrogen (secondary N) is 1. The lowest BCUT2D eigenvalue weighted by Crippen LogP contribution is -2.30.